The summed E-state index contributed by atoms with van der Waals surface area (Å²) in [5, 5.41) is 3.84. The third-order valence-corrected chi connectivity index (χ3v) is 2.77. The van der Waals surface area contributed by atoms with Gasteiger partial charge in [-0.1, -0.05) is 19.0 Å². The zero-order chi connectivity index (χ0) is 11.5. The monoisotopic (exact) mass is 217 g/mol. The van der Waals surface area contributed by atoms with Gasteiger partial charge >= 0.3 is 0 Å². The van der Waals surface area contributed by atoms with Gasteiger partial charge in [0.1, 0.15) is 5.76 Å². The molecule has 0 amide bonds. The van der Waals surface area contributed by atoms with E-state index >= 15 is 0 Å². The van der Waals surface area contributed by atoms with E-state index in [1.807, 2.05) is 12.1 Å². The quantitative estimate of drug-likeness (QED) is 0.858. The molecule has 4 heteroatoms. The summed E-state index contributed by atoms with van der Waals surface area (Å²) in [6.07, 6.45) is 4.47. The molecule has 0 bridgehead atoms. The number of hydrogen-bond donors (Lipinski definition) is 1. The normalized spacial score (nSPS) is 12.6. The molecule has 0 saturated heterocycles. The first-order valence-electron chi connectivity index (χ1n) is 5.39. The Bertz CT molecular complexity index is 464. The van der Waals surface area contributed by atoms with E-state index in [9.17, 15) is 0 Å². The summed E-state index contributed by atoms with van der Waals surface area (Å²) < 4.78 is 5.31. The fourth-order valence-electron chi connectivity index (χ4n) is 1.65. The van der Waals surface area contributed by atoms with Crippen molar-refractivity contribution < 1.29 is 4.52 Å². The van der Waals surface area contributed by atoms with E-state index in [1.54, 1.807) is 12.4 Å². The van der Waals surface area contributed by atoms with E-state index in [-0.39, 0.29) is 0 Å². The summed E-state index contributed by atoms with van der Waals surface area (Å²) in [6.45, 7) is 4.21. The smallest absolute Gasteiger partial charge is 0.175 e. The molecule has 1 atom stereocenters. The predicted molar refractivity (Wildman–Crippen MR) is 62.9 cm³/mol. The van der Waals surface area contributed by atoms with Gasteiger partial charge in [-0.15, -0.1) is 0 Å². The van der Waals surface area contributed by atoms with Gasteiger partial charge in [0.05, 0.1) is 5.56 Å². The molecular formula is C12H15N3O. The van der Waals surface area contributed by atoms with Gasteiger partial charge in [-0.05, 0) is 24.1 Å². The molecule has 2 aromatic heterocycles. The van der Waals surface area contributed by atoms with Gasteiger partial charge < -0.3 is 10.3 Å². The molecule has 0 aliphatic carbocycles. The number of rotatable bonds is 3. The molecule has 0 aliphatic rings. The highest BCUT2D eigenvalue weighted by Crippen LogP contribution is 2.34. The number of nitrogens with zero attached hydrogens (tertiary/aromatic N) is 2. The minimum absolute atomic E-state index is 0.313. The molecule has 84 valence electrons. The molecule has 0 fully saturated rings. The lowest BCUT2D eigenvalue weighted by Crippen LogP contribution is -1.94. The number of anilines is 1. The van der Waals surface area contributed by atoms with Crippen LogP contribution in [-0.4, -0.2) is 10.1 Å². The average molecular weight is 217 g/mol. The van der Waals surface area contributed by atoms with E-state index in [2.05, 4.69) is 24.0 Å². The number of aromatic nitrogens is 2. The van der Waals surface area contributed by atoms with Gasteiger partial charge in [-0.25, -0.2) is 0 Å². The van der Waals surface area contributed by atoms with Crippen molar-refractivity contribution in [2.75, 3.05) is 5.73 Å². The molecule has 4 nitrogen and oxygen atoms in total. The molecule has 2 heterocycles. The summed E-state index contributed by atoms with van der Waals surface area (Å²) in [6, 6.07) is 3.82. The molecule has 0 spiro atoms. The Morgan fingerprint density at radius 3 is 2.69 bits per heavy atom. The van der Waals surface area contributed by atoms with Crippen molar-refractivity contribution >= 4 is 5.82 Å². The zero-order valence-electron chi connectivity index (χ0n) is 9.47. The Balaban J connectivity index is 2.52. The lowest BCUT2D eigenvalue weighted by Gasteiger charge is -2.07. The van der Waals surface area contributed by atoms with E-state index in [0.29, 0.717) is 11.7 Å². The van der Waals surface area contributed by atoms with Crippen LogP contribution in [0.3, 0.4) is 0 Å². The lowest BCUT2D eigenvalue weighted by atomic mass is 9.98. The maximum Gasteiger partial charge on any atom is 0.175 e. The maximum atomic E-state index is 5.84. The maximum absolute atomic E-state index is 5.84. The third kappa shape index (κ3) is 1.78. The van der Waals surface area contributed by atoms with Crippen LogP contribution < -0.4 is 5.73 Å². The minimum atomic E-state index is 0.313. The molecular weight excluding hydrogens is 202 g/mol. The van der Waals surface area contributed by atoms with Crippen molar-refractivity contribution in [3.05, 3.63) is 30.3 Å². The summed E-state index contributed by atoms with van der Waals surface area (Å²) in [5.41, 5.74) is 7.74. The van der Waals surface area contributed by atoms with Crippen LogP contribution in [0.1, 0.15) is 31.9 Å². The third-order valence-electron chi connectivity index (χ3n) is 2.77. The van der Waals surface area contributed by atoms with Crippen LogP contribution in [-0.2, 0) is 0 Å². The van der Waals surface area contributed by atoms with Gasteiger partial charge in [0, 0.05) is 18.3 Å². The Hall–Kier alpha value is -1.84. The lowest BCUT2D eigenvalue weighted by molar-refractivity contribution is 0.366. The largest absolute Gasteiger partial charge is 0.380 e. The number of hydrogen-bond acceptors (Lipinski definition) is 4. The molecule has 0 radical (unpaired) electrons. The molecule has 0 saturated carbocycles. The highest BCUT2D eigenvalue weighted by molar-refractivity contribution is 5.75. The standard InChI is InChI=1S/C12H15N3O/c1-3-8(2)11-10(12(13)15-16-11)9-4-6-14-7-5-9/h4-8H,3H2,1-2H3,(H2,13,15). The molecule has 2 rings (SSSR count). The van der Waals surface area contributed by atoms with Crippen molar-refractivity contribution in [3.8, 4) is 11.1 Å². The van der Waals surface area contributed by atoms with Crippen molar-refractivity contribution in [1.29, 1.82) is 0 Å². The van der Waals surface area contributed by atoms with Gasteiger partial charge in [0.25, 0.3) is 0 Å². The topological polar surface area (TPSA) is 64.9 Å². The van der Waals surface area contributed by atoms with E-state index < -0.39 is 0 Å². The van der Waals surface area contributed by atoms with Crippen molar-refractivity contribution in [3.63, 3.8) is 0 Å². The highest BCUT2D eigenvalue weighted by atomic mass is 16.5. The van der Waals surface area contributed by atoms with E-state index in [4.69, 9.17) is 10.3 Å². The van der Waals surface area contributed by atoms with Gasteiger partial charge in [0.2, 0.25) is 0 Å². The van der Waals surface area contributed by atoms with Gasteiger partial charge in [-0.3, -0.25) is 4.98 Å². The molecule has 1 unspecified atom stereocenters. The Morgan fingerprint density at radius 2 is 2.06 bits per heavy atom. The van der Waals surface area contributed by atoms with Crippen LogP contribution in [0, 0.1) is 0 Å². The van der Waals surface area contributed by atoms with Gasteiger partial charge in [0.15, 0.2) is 5.82 Å². The average Bonchev–Trinajstić information content (AvgIpc) is 2.71. The van der Waals surface area contributed by atoms with Crippen LogP contribution in [0.4, 0.5) is 5.82 Å². The number of pyridine rings is 1. The molecule has 2 N–H and O–H groups in total. The van der Waals surface area contributed by atoms with Crippen LogP contribution in [0.5, 0.6) is 0 Å². The first-order chi connectivity index (χ1) is 7.74. The first kappa shape index (κ1) is 10.7. The Morgan fingerprint density at radius 1 is 1.38 bits per heavy atom. The van der Waals surface area contributed by atoms with Gasteiger partial charge in [-0.2, -0.15) is 0 Å². The summed E-state index contributed by atoms with van der Waals surface area (Å²) in [5.74, 6) is 1.61. The second kappa shape index (κ2) is 4.35. The number of nitrogens with two attached hydrogens (primary N) is 1. The van der Waals surface area contributed by atoms with Crippen molar-refractivity contribution in [2.24, 2.45) is 0 Å². The van der Waals surface area contributed by atoms with E-state index in [0.717, 1.165) is 23.3 Å². The molecule has 0 aromatic carbocycles. The predicted octanol–water partition coefficient (Wildman–Crippen LogP) is 2.83. The fraction of sp³-hybridized carbons (Fsp3) is 0.333. The summed E-state index contributed by atoms with van der Waals surface area (Å²) >= 11 is 0. The Kier molecular flexibility index (Phi) is 2.90. The second-order valence-corrected chi connectivity index (χ2v) is 3.85. The Labute approximate surface area is 94.5 Å². The second-order valence-electron chi connectivity index (χ2n) is 3.85. The summed E-state index contributed by atoms with van der Waals surface area (Å²) in [4.78, 5) is 3.99. The van der Waals surface area contributed by atoms with E-state index in [1.165, 1.54) is 0 Å². The molecule has 0 aliphatic heterocycles. The van der Waals surface area contributed by atoms with Crippen LogP contribution in [0.15, 0.2) is 29.0 Å². The summed E-state index contributed by atoms with van der Waals surface area (Å²) in [7, 11) is 0. The van der Waals surface area contributed by atoms with Crippen molar-refractivity contribution in [2.45, 2.75) is 26.2 Å². The zero-order valence-corrected chi connectivity index (χ0v) is 9.47. The van der Waals surface area contributed by atoms with Crippen LogP contribution >= 0.6 is 0 Å². The highest BCUT2D eigenvalue weighted by Gasteiger charge is 2.19. The van der Waals surface area contributed by atoms with Crippen molar-refractivity contribution in [1.82, 2.24) is 10.1 Å². The van der Waals surface area contributed by atoms with Crippen LogP contribution in [0.25, 0.3) is 11.1 Å². The molecule has 16 heavy (non-hydrogen) atoms. The fourth-order valence-corrected chi connectivity index (χ4v) is 1.65. The molecule has 2 aromatic rings. The first-order valence-corrected chi connectivity index (χ1v) is 5.39. The number of nitrogen functional groups attached to an aromatic ring is 1. The van der Waals surface area contributed by atoms with Crippen LogP contribution in [0.2, 0.25) is 0 Å². The minimum Gasteiger partial charge on any atom is -0.380 e. The SMILES string of the molecule is CCC(C)c1onc(N)c1-c1ccncc1.